The third kappa shape index (κ3) is 1.90. The molecule has 2 nitrogen and oxygen atoms in total. The largest absolute Gasteiger partial charge is 0.368 e. The van der Waals surface area contributed by atoms with E-state index < -0.39 is 0 Å². The van der Waals surface area contributed by atoms with Crippen molar-refractivity contribution in [2.75, 3.05) is 11.4 Å². The zero-order chi connectivity index (χ0) is 11.5. The molecule has 1 aliphatic rings. The molecule has 1 unspecified atom stereocenters. The minimum Gasteiger partial charge on any atom is -0.368 e. The summed E-state index contributed by atoms with van der Waals surface area (Å²) in [6, 6.07) is 8.89. The highest BCUT2D eigenvalue weighted by atomic mass is 15.2. The molecule has 0 aromatic heterocycles. The van der Waals surface area contributed by atoms with Crippen LogP contribution in [0.1, 0.15) is 37.3 Å². The first-order valence-corrected chi connectivity index (χ1v) is 6.03. The number of rotatable bonds is 2. The molecule has 0 bridgehead atoms. The minimum absolute atomic E-state index is 0.687. The third-order valence-corrected chi connectivity index (χ3v) is 3.48. The second-order valence-corrected chi connectivity index (χ2v) is 4.51. The van der Waals surface area contributed by atoms with Crippen LogP contribution in [0, 0.1) is 18.3 Å². The molecule has 1 aliphatic heterocycles. The van der Waals surface area contributed by atoms with Crippen molar-refractivity contribution in [1.82, 2.24) is 0 Å². The highest BCUT2D eigenvalue weighted by Crippen LogP contribution is 2.30. The smallest absolute Gasteiger partial charge is 0.0991 e. The Hall–Kier alpha value is -1.49. The van der Waals surface area contributed by atoms with Crippen molar-refractivity contribution >= 4 is 5.69 Å². The van der Waals surface area contributed by atoms with Gasteiger partial charge < -0.3 is 4.90 Å². The molecule has 0 spiro atoms. The van der Waals surface area contributed by atoms with Crippen LogP contribution >= 0.6 is 0 Å². The summed E-state index contributed by atoms with van der Waals surface area (Å²) in [5, 5.41) is 8.85. The molecule has 1 aromatic carbocycles. The molecule has 16 heavy (non-hydrogen) atoms. The lowest BCUT2D eigenvalue weighted by Crippen LogP contribution is -2.28. The van der Waals surface area contributed by atoms with Gasteiger partial charge in [-0.2, -0.15) is 5.26 Å². The summed E-state index contributed by atoms with van der Waals surface area (Å²) in [5.74, 6) is 0. The van der Waals surface area contributed by atoms with Gasteiger partial charge >= 0.3 is 0 Å². The maximum absolute atomic E-state index is 8.85. The van der Waals surface area contributed by atoms with Gasteiger partial charge in [-0.15, -0.1) is 0 Å². The van der Waals surface area contributed by atoms with E-state index in [0.717, 1.165) is 12.1 Å². The first kappa shape index (κ1) is 11.0. The van der Waals surface area contributed by atoms with Crippen molar-refractivity contribution in [2.45, 2.75) is 39.2 Å². The lowest BCUT2D eigenvalue weighted by molar-refractivity contribution is 0.644. The molecular weight excluding hydrogens is 196 g/mol. The van der Waals surface area contributed by atoms with Crippen molar-refractivity contribution in [3.05, 3.63) is 29.3 Å². The van der Waals surface area contributed by atoms with E-state index in [1.54, 1.807) is 0 Å². The maximum atomic E-state index is 8.85. The average molecular weight is 214 g/mol. The fourth-order valence-electron chi connectivity index (χ4n) is 2.62. The van der Waals surface area contributed by atoms with E-state index in [2.05, 4.69) is 30.9 Å². The second kappa shape index (κ2) is 4.57. The molecule has 0 saturated carbocycles. The Kier molecular flexibility index (Phi) is 3.14. The summed E-state index contributed by atoms with van der Waals surface area (Å²) < 4.78 is 0. The van der Waals surface area contributed by atoms with E-state index in [-0.39, 0.29) is 0 Å². The highest BCUT2D eigenvalue weighted by molar-refractivity contribution is 5.57. The van der Waals surface area contributed by atoms with Gasteiger partial charge in [-0.05, 0) is 49.9 Å². The molecule has 1 saturated heterocycles. The monoisotopic (exact) mass is 214 g/mol. The van der Waals surface area contributed by atoms with Gasteiger partial charge in [-0.1, -0.05) is 6.92 Å². The third-order valence-electron chi connectivity index (χ3n) is 3.48. The van der Waals surface area contributed by atoms with Gasteiger partial charge in [-0.3, -0.25) is 0 Å². The second-order valence-electron chi connectivity index (χ2n) is 4.51. The van der Waals surface area contributed by atoms with Gasteiger partial charge in [0.1, 0.15) is 0 Å². The van der Waals surface area contributed by atoms with Crippen molar-refractivity contribution in [1.29, 1.82) is 5.26 Å². The molecule has 0 N–H and O–H groups in total. The number of hydrogen-bond acceptors (Lipinski definition) is 2. The van der Waals surface area contributed by atoms with Crippen molar-refractivity contribution in [3.63, 3.8) is 0 Å². The molecule has 1 heterocycles. The van der Waals surface area contributed by atoms with Crippen LogP contribution in [0.3, 0.4) is 0 Å². The van der Waals surface area contributed by atoms with E-state index >= 15 is 0 Å². The first-order chi connectivity index (χ1) is 7.76. The summed E-state index contributed by atoms with van der Waals surface area (Å²) in [7, 11) is 0. The molecule has 84 valence electrons. The molecule has 0 amide bonds. The zero-order valence-corrected chi connectivity index (χ0v) is 10.0. The fourth-order valence-corrected chi connectivity index (χ4v) is 2.62. The minimum atomic E-state index is 0.687. The lowest BCUT2D eigenvalue weighted by atomic mass is 10.1. The standard InChI is InChI=1S/C14H18N2/c1-3-13-5-4-8-16(13)14-7-6-12(10-15)9-11(14)2/h6-7,9,13H,3-5,8H2,1-2H3. The number of anilines is 1. The molecule has 2 rings (SSSR count). The van der Waals surface area contributed by atoms with E-state index in [9.17, 15) is 0 Å². The molecule has 1 fully saturated rings. The molecule has 0 aliphatic carbocycles. The molecule has 1 atom stereocenters. The summed E-state index contributed by atoms with van der Waals surface area (Å²) in [6.45, 7) is 5.51. The van der Waals surface area contributed by atoms with Crippen LogP contribution in [-0.2, 0) is 0 Å². The number of aryl methyl sites for hydroxylation is 1. The quantitative estimate of drug-likeness (QED) is 0.755. The number of nitriles is 1. The Bertz CT molecular complexity index is 417. The van der Waals surface area contributed by atoms with E-state index in [0.29, 0.717) is 6.04 Å². The van der Waals surface area contributed by atoms with E-state index in [1.807, 2.05) is 12.1 Å². The summed E-state index contributed by atoms with van der Waals surface area (Å²) in [4.78, 5) is 2.50. The topological polar surface area (TPSA) is 27.0 Å². The summed E-state index contributed by atoms with van der Waals surface area (Å²) in [5.41, 5.74) is 3.29. The van der Waals surface area contributed by atoms with Crippen molar-refractivity contribution in [2.24, 2.45) is 0 Å². The predicted molar refractivity (Wildman–Crippen MR) is 66.6 cm³/mol. The van der Waals surface area contributed by atoms with Crippen LogP contribution in [0.4, 0.5) is 5.69 Å². The SMILES string of the molecule is CCC1CCCN1c1ccc(C#N)cc1C. The van der Waals surface area contributed by atoms with Crippen molar-refractivity contribution < 1.29 is 0 Å². The maximum Gasteiger partial charge on any atom is 0.0991 e. The van der Waals surface area contributed by atoms with E-state index in [1.165, 1.54) is 30.5 Å². The lowest BCUT2D eigenvalue weighted by Gasteiger charge is -2.27. The van der Waals surface area contributed by atoms with E-state index in [4.69, 9.17) is 5.26 Å². The molecule has 0 radical (unpaired) electrons. The highest BCUT2D eigenvalue weighted by Gasteiger charge is 2.23. The number of hydrogen-bond donors (Lipinski definition) is 0. The summed E-state index contributed by atoms with van der Waals surface area (Å²) in [6.07, 6.45) is 3.80. The Morgan fingerprint density at radius 2 is 2.31 bits per heavy atom. The van der Waals surface area contributed by atoms with Crippen LogP contribution in [0.25, 0.3) is 0 Å². The van der Waals surface area contributed by atoms with Gasteiger partial charge in [0, 0.05) is 18.3 Å². The van der Waals surface area contributed by atoms with Gasteiger partial charge in [-0.25, -0.2) is 0 Å². The normalized spacial score (nSPS) is 19.8. The van der Waals surface area contributed by atoms with Gasteiger partial charge in [0.15, 0.2) is 0 Å². The predicted octanol–water partition coefficient (Wildman–Crippen LogP) is 3.25. The number of nitrogens with zero attached hydrogens (tertiary/aromatic N) is 2. The zero-order valence-electron chi connectivity index (χ0n) is 10.0. The Labute approximate surface area is 97.5 Å². The summed E-state index contributed by atoms with van der Waals surface area (Å²) >= 11 is 0. The van der Waals surface area contributed by atoms with Gasteiger partial charge in [0.25, 0.3) is 0 Å². The molecular formula is C14H18N2. The van der Waals surface area contributed by atoms with Gasteiger partial charge in [0.05, 0.1) is 11.6 Å². The molecule has 2 heteroatoms. The van der Waals surface area contributed by atoms with Crippen LogP contribution in [0.2, 0.25) is 0 Å². The van der Waals surface area contributed by atoms with Crippen LogP contribution < -0.4 is 4.90 Å². The Morgan fingerprint density at radius 1 is 1.50 bits per heavy atom. The van der Waals surface area contributed by atoms with Crippen LogP contribution in [0.5, 0.6) is 0 Å². The average Bonchev–Trinajstić information content (AvgIpc) is 2.76. The Morgan fingerprint density at radius 3 is 2.94 bits per heavy atom. The van der Waals surface area contributed by atoms with Crippen LogP contribution in [-0.4, -0.2) is 12.6 Å². The number of benzene rings is 1. The first-order valence-electron chi connectivity index (χ1n) is 6.03. The van der Waals surface area contributed by atoms with Crippen LogP contribution in [0.15, 0.2) is 18.2 Å². The Balaban J connectivity index is 2.30. The molecule has 1 aromatic rings. The van der Waals surface area contributed by atoms with Crippen molar-refractivity contribution in [3.8, 4) is 6.07 Å². The van der Waals surface area contributed by atoms with Gasteiger partial charge in [0.2, 0.25) is 0 Å². The fraction of sp³-hybridized carbons (Fsp3) is 0.500.